The standard InChI is InChI=1S/C15H15ClN2O2/c1-3-11-7-9-12(10-8-11)17(2)14-6-4-5-13(16)15(14)18(19)20/h4-10H,3H2,1-2H3. The van der Waals surface area contributed by atoms with Crippen molar-refractivity contribution in [2.45, 2.75) is 13.3 Å². The summed E-state index contributed by atoms with van der Waals surface area (Å²) in [5.74, 6) is 0. The highest BCUT2D eigenvalue weighted by Gasteiger charge is 2.21. The van der Waals surface area contributed by atoms with E-state index in [1.54, 1.807) is 24.1 Å². The number of rotatable bonds is 4. The molecule has 4 nitrogen and oxygen atoms in total. The number of halogens is 1. The molecule has 0 aliphatic heterocycles. The number of hydrogen-bond donors (Lipinski definition) is 0. The zero-order valence-corrected chi connectivity index (χ0v) is 12.1. The molecule has 2 aromatic carbocycles. The topological polar surface area (TPSA) is 46.4 Å². The summed E-state index contributed by atoms with van der Waals surface area (Å²) in [6, 6.07) is 12.9. The molecule has 0 bridgehead atoms. The Morgan fingerprint density at radius 3 is 2.40 bits per heavy atom. The third-order valence-corrected chi connectivity index (χ3v) is 3.55. The van der Waals surface area contributed by atoms with E-state index >= 15 is 0 Å². The number of aryl methyl sites for hydroxylation is 1. The Morgan fingerprint density at radius 1 is 1.20 bits per heavy atom. The second kappa shape index (κ2) is 5.92. The average molecular weight is 291 g/mol. The van der Waals surface area contributed by atoms with Crippen LogP contribution in [0.3, 0.4) is 0 Å². The van der Waals surface area contributed by atoms with E-state index in [4.69, 9.17) is 11.6 Å². The summed E-state index contributed by atoms with van der Waals surface area (Å²) in [5, 5.41) is 11.3. The molecule has 0 saturated heterocycles. The summed E-state index contributed by atoms with van der Waals surface area (Å²) >= 11 is 5.94. The van der Waals surface area contributed by atoms with Crippen LogP contribution in [0.2, 0.25) is 5.02 Å². The van der Waals surface area contributed by atoms with E-state index in [1.807, 2.05) is 24.3 Å². The molecule has 0 heterocycles. The predicted molar refractivity (Wildman–Crippen MR) is 82.0 cm³/mol. The van der Waals surface area contributed by atoms with Gasteiger partial charge >= 0.3 is 5.69 Å². The average Bonchev–Trinajstić information content (AvgIpc) is 2.46. The first-order valence-electron chi connectivity index (χ1n) is 6.30. The Balaban J connectivity index is 2.44. The first-order chi connectivity index (χ1) is 9.54. The number of anilines is 2. The molecule has 0 aliphatic rings. The highest BCUT2D eigenvalue weighted by atomic mass is 35.5. The van der Waals surface area contributed by atoms with Crippen LogP contribution in [0, 0.1) is 10.1 Å². The molecule has 0 amide bonds. The van der Waals surface area contributed by atoms with Crippen molar-refractivity contribution >= 4 is 28.7 Å². The van der Waals surface area contributed by atoms with E-state index in [-0.39, 0.29) is 10.7 Å². The van der Waals surface area contributed by atoms with Crippen LogP contribution in [0.1, 0.15) is 12.5 Å². The van der Waals surface area contributed by atoms with Crippen LogP contribution in [-0.2, 0) is 6.42 Å². The summed E-state index contributed by atoms with van der Waals surface area (Å²) in [6.07, 6.45) is 0.960. The van der Waals surface area contributed by atoms with Gasteiger partial charge in [0.2, 0.25) is 0 Å². The quantitative estimate of drug-likeness (QED) is 0.611. The van der Waals surface area contributed by atoms with Gasteiger partial charge in [0.15, 0.2) is 0 Å². The van der Waals surface area contributed by atoms with Crippen LogP contribution in [0.5, 0.6) is 0 Å². The van der Waals surface area contributed by atoms with Gasteiger partial charge < -0.3 is 4.90 Å². The number of hydrogen-bond acceptors (Lipinski definition) is 3. The van der Waals surface area contributed by atoms with Gasteiger partial charge in [0.25, 0.3) is 0 Å². The predicted octanol–water partition coefficient (Wildman–Crippen LogP) is 4.58. The third-order valence-electron chi connectivity index (χ3n) is 3.24. The van der Waals surface area contributed by atoms with Gasteiger partial charge in [-0.15, -0.1) is 0 Å². The molecule has 0 aliphatic carbocycles. The summed E-state index contributed by atoms with van der Waals surface area (Å²) in [4.78, 5) is 12.5. The zero-order valence-electron chi connectivity index (χ0n) is 11.3. The van der Waals surface area contributed by atoms with Gasteiger partial charge in [0, 0.05) is 12.7 Å². The fourth-order valence-electron chi connectivity index (χ4n) is 2.05. The highest BCUT2D eigenvalue weighted by Crippen LogP contribution is 2.37. The number of nitrogens with zero attached hydrogens (tertiary/aromatic N) is 2. The largest absolute Gasteiger partial charge is 0.339 e. The molecule has 0 atom stereocenters. The molecule has 0 saturated carbocycles. The van der Waals surface area contributed by atoms with Gasteiger partial charge in [-0.3, -0.25) is 10.1 Å². The van der Waals surface area contributed by atoms with Gasteiger partial charge in [-0.1, -0.05) is 36.7 Å². The molecule has 0 spiro atoms. The lowest BCUT2D eigenvalue weighted by molar-refractivity contribution is -0.383. The van der Waals surface area contributed by atoms with E-state index in [0.717, 1.165) is 12.1 Å². The van der Waals surface area contributed by atoms with Gasteiger partial charge in [-0.2, -0.15) is 0 Å². The van der Waals surface area contributed by atoms with Crippen LogP contribution in [-0.4, -0.2) is 12.0 Å². The van der Waals surface area contributed by atoms with Crippen LogP contribution in [0.25, 0.3) is 0 Å². The molecule has 0 fully saturated rings. The van der Waals surface area contributed by atoms with Gasteiger partial charge in [-0.05, 0) is 36.2 Å². The Hall–Kier alpha value is -2.07. The van der Waals surface area contributed by atoms with E-state index < -0.39 is 4.92 Å². The SMILES string of the molecule is CCc1ccc(N(C)c2cccc(Cl)c2[N+](=O)[O-])cc1. The molecule has 5 heteroatoms. The van der Waals surface area contributed by atoms with Crippen LogP contribution >= 0.6 is 11.6 Å². The summed E-state index contributed by atoms with van der Waals surface area (Å²) in [5.41, 5.74) is 2.51. The summed E-state index contributed by atoms with van der Waals surface area (Å²) < 4.78 is 0. The van der Waals surface area contributed by atoms with E-state index in [9.17, 15) is 10.1 Å². The molecule has 0 aromatic heterocycles. The van der Waals surface area contributed by atoms with Crippen molar-refractivity contribution in [2.75, 3.05) is 11.9 Å². The van der Waals surface area contributed by atoms with Crippen molar-refractivity contribution in [1.29, 1.82) is 0 Å². The van der Waals surface area contributed by atoms with Crippen molar-refractivity contribution in [3.8, 4) is 0 Å². The highest BCUT2D eigenvalue weighted by molar-refractivity contribution is 6.33. The van der Waals surface area contributed by atoms with E-state index in [0.29, 0.717) is 5.69 Å². The molecular formula is C15H15ClN2O2. The monoisotopic (exact) mass is 290 g/mol. The maximum atomic E-state index is 11.2. The number of nitro benzene ring substituents is 1. The second-order valence-electron chi connectivity index (χ2n) is 4.44. The summed E-state index contributed by atoms with van der Waals surface area (Å²) in [7, 11) is 1.79. The maximum Gasteiger partial charge on any atom is 0.311 e. The Bertz CT molecular complexity index is 626. The Morgan fingerprint density at radius 2 is 1.85 bits per heavy atom. The van der Waals surface area contributed by atoms with Crippen LogP contribution < -0.4 is 4.90 Å². The Labute approximate surface area is 122 Å². The van der Waals surface area contributed by atoms with Crippen LogP contribution in [0.4, 0.5) is 17.1 Å². The lowest BCUT2D eigenvalue weighted by atomic mass is 10.1. The zero-order chi connectivity index (χ0) is 14.7. The van der Waals surface area contributed by atoms with Crippen LogP contribution in [0.15, 0.2) is 42.5 Å². The molecule has 2 rings (SSSR count). The Kier molecular flexibility index (Phi) is 4.25. The van der Waals surface area contributed by atoms with Crippen molar-refractivity contribution < 1.29 is 4.92 Å². The minimum Gasteiger partial charge on any atom is -0.339 e. The number of para-hydroxylation sites is 1. The minimum atomic E-state index is -0.450. The lowest BCUT2D eigenvalue weighted by Crippen LogP contribution is -2.11. The number of nitro groups is 1. The molecule has 20 heavy (non-hydrogen) atoms. The normalized spacial score (nSPS) is 10.3. The van der Waals surface area contributed by atoms with Crippen molar-refractivity contribution in [3.63, 3.8) is 0 Å². The first kappa shape index (κ1) is 14.3. The fraction of sp³-hybridized carbons (Fsp3) is 0.200. The maximum absolute atomic E-state index is 11.2. The minimum absolute atomic E-state index is 0.0729. The second-order valence-corrected chi connectivity index (χ2v) is 4.85. The lowest BCUT2D eigenvalue weighted by Gasteiger charge is -2.20. The van der Waals surface area contributed by atoms with E-state index in [2.05, 4.69) is 6.92 Å². The van der Waals surface area contributed by atoms with Gasteiger partial charge in [0.05, 0.1) is 4.92 Å². The fourth-order valence-corrected chi connectivity index (χ4v) is 2.29. The first-order valence-corrected chi connectivity index (χ1v) is 6.68. The summed E-state index contributed by atoms with van der Waals surface area (Å²) in [6.45, 7) is 2.08. The molecule has 2 aromatic rings. The molecular weight excluding hydrogens is 276 g/mol. The molecule has 0 radical (unpaired) electrons. The molecule has 0 N–H and O–H groups in total. The van der Waals surface area contributed by atoms with Gasteiger partial charge in [0.1, 0.15) is 10.7 Å². The van der Waals surface area contributed by atoms with Crippen molar-refractivity contribution in [1.82, 2.24) is 0 Å². The van der Waals surface area contributed by atoms with Crippen molar-refractivity contribution in [3.05, 3.63) is 63.2 Å². The molecule has 104 valence electrons. The molecule has 0 unspecified atom stereocenters. The smallest absolute Gasteiger partial charge is 0.311 e. The van der Waals surface area contributed by atoms with Crippen molar-refractivity contribution in [2.24, 2.45) is 0 Å². The number of benzene rings is 2. The third kappa shape index (κ3) is 2.75. The van der Waals surface area contributed by atoms with Gasteiger partial charge in [-0.25, -0.2) is 0 Å². The van der Waals surface area contributed by atoms with E-state index in [1.165, 1.54) is 11.6 Å².